The lowest BCUT2D eigenvalue weighted by Gasteiger charge is -2.36. The summed E-state index contributed by atoms with van der Waals surface area (Å²) in [4.78, 5) is 20.6. The number of rotatable bonds is 2. The van der Waals surface area contributed by atoms with Crippen LogP contribution in [0.2, 0.25) is 0 Å². The maximum Gasteiger partial charge on any atom is 0.251 e. The van der Waals surface area contributed by atoms with Gasteiger partial charge in [-0.2, -0.15) is 5.26 Å². The molecule has 1 aromatic rings. The van der Waals surface area contributed by atoms with Crippen LogP contribution in [0.5, 0.6) is 0 Å². The first-order chi connectivity index (χ1) is 10.3. The van der Waals surface area contributed by atoms with Gasteiger partial charge in [0.2, 0.25) is 0 Å². The van der Waals surface area contributed by atoms with Crippen LogP contribution in [0.15, 0.2) is 18.3 Å². The average Bonchev–Trinajstić information content (AvgIpc) is 3.09. The Morgan fingerprint density at radius 1 is 1.38 bits per heavy atom. The van der Waals surface area contributed by atoms with Crippen molar-refractivity contribution in [3.05, 3.63) is 23.9 Å². The predicted molar refractivity (Wildman–Crippen MR) is 76.7 cm³/mol. The van der Waals surface area contributed by atoms with Crippen LogP contribution in [-0.4, -0.2) is 54.7 Å². The van der Waals surface area contributed by atoms with Gasteiger partial charge in [0, 0.05) is 39.0 Å². The number of anilines is 1. The molecular formula is C15H18N4O2. The first kappa shape index (κ1) is 13.8. The Bertz CT molecular complexity index is 555. The number of aromatic nitrogens is 1. The molecule has 2 aliphatic heterocycles. The number of nitriles is 1. The van der Waals surface area contributed by atoms with Crippen LogP contribution in [0.1, 0.15) is 18.4 Å². The van der Waals surface area contributed by atoms with E-state index in [0.29, 0.717) is 25.3 Å². The summed E-state index contributed by atoms with van der Waals surface area (Å²) in [6.07, 6.45) is 3.22. The van der Waals surface area contributed by atoms with E-state index in [1.54, 1.807) is 18.3 Å². The van der Waals surface area contributed by atoms with E-state index in [2.05, 4.69) is 16.0 Å². The van der Waals surface area contributed by atoms with Gasteiger partial charge in [0.15, 0.2) is 0 Å². The molecule has 2 saturated heterocycles. The van der Waals surface area contributed by atoms with Gasteiger partial charge in [-0.05, 0) is 25.0 Å². The van der Waals surface area contributed by atoms with Crippen molar-refractivity contribution >= 4 is 11.7 Å². The Kier molecular flexibility index (Phi) is 4.02. The molecule has 1 unspecified atom stereocenters. The largest absolute Gasteiger partial charge is 0.368 e. The summed E-state index contributed by atoms with van der Waals surface area (Å²) < 4.78 is 5.46. The smallest absolute Gasteiger partial charge is 0.251 e. The fraction of sp³-hybridized carbons (Fsp3) is 0.533. The predicted octanol–water partition coefficient (Wildman–Crippen LogP) is 0.781. The second-order valence-electron chi connectivity index (χ2n) is 5.33. The quantitative estimate of drug-likeness (QED) is 0.803. The van der Waals surface area contributed by atoms with Crippen molar-refractivity contribution in [2.24, 2.45) is 0 Å². The van der Waals surface area contributed by atoms with Crippen molar-refractivity contribution in [1.29, 1.82) is 5.26 Å². The van der Waals surface area contributed by atoms with Crippen LogP contribution in [0.25, 0.3) is 0 Å². The summed E-state index contributed by atoms with van der Waals surface area (Å²) in [7, 11) is 0. The van der Waals surface area contributed by atoms with Crippen LogP contribution in [0, 0.1) is 11.3 Å². The third-order valence-electron chi connectivity index (χ3n) is 4.00. The Morgan fingerprint density at radius 3 is 2.86 bits per heavy atom. The Labute approximate surface area is 123 Å². The summed E-state index contributed by atoms with van der Waals surface area (Å²) >= 11 is 0. The zero-order valence-corrected chi connectivity index (χ0v) is 11.9. The first-order valence-electron chi connectivity index (χ1n) is 7.29. The van der Waals surface area contributed by atoms with Gasteiger partial charge in [-0.1, -0.05) is 0 Å². The number of hydrogen-bond donors (Lipinski definition) is 0. The number of amides is 1. The Hall–Kier alpha value is -2.13. The number of hydrogen-bond acceptors (Lipinski definition) is 5. The maximum absolute atomic E-state index is 12.3. The Morgan fingerprint density at radius 2 is 2.19 bits per heavy atom. The van der Waals surface area contributed by atoms with Crippen molar-refractivity contribution in [1.82, 2.24) is 9.88 Å². The minimum absolute atomic E-state index is 0.117. The second kappa shape index (κ2) is 6.10. The van der Waals surface area contributed by atoms with Crippen LogP contribution in [-0.2, 0) is 9.53 Å². The average molecular weight is 286 g/mol. The number of nitrogens with zero attached hydrogens (tertiary/aromatic N) is 4. The van der Waals surface area contributed by atoms with E-state index in [-0.39, 0.29) is 12.0 Å². The molecule has 3 heterocycles. The highest BCUT2D eigenvalue weighted by Crippen LogP contribution is 2.18. The van der Waals surface area contributed by atoms with Gasteiger partial charge in [-0.3, -0.25) is 4.79 Å². The number of ether oxygens (including phenoxy) is 1. The van der Waals surface area contributed by atoms with E-state index in [0.717, 1.165) is 31.7 Å². The van der Waals surface area contributed by atoms with Crippen LogP contribution < -0.4 is 4.90 Å². The van der Waals surface area contributed by atoms with E-state index in [4.69, 9.17) is 10.00 Å². The van der Waals surface area contributed by atoms with Gasteiger partial charge in [-0.25, -0.2) is 4.98 Å². The van der Waals surface area contributed by atoms with E-state index < -0.39 is 0 Å². The Balaban J connectivity index is 1.59. The van der Waals surface area contributed by atoms with Crippen LogP contribution >= 0.6 is 0 Å². The molecule has 1 atom stereocenters. The van der Waals surface area contributed by atoms with Crippen molar-refractivity contribution in [3.63, 3.8) is 0 Å². The van der Waals surface area contributed by atoms with Crippen molar-refractivity contribution in [2.45, 2.75) is 18.9 Å². The molecule has 0 aromatic carbocycles. The molecule has 6 heteroatoms. The van der Waals surface area contributed by atoms with Gasteiger partial charge >= 0.3 is 0 Å². The lowest BCUT2D eigenvalue weighted by Crippen LogP contribution is -2.51. The standard InChI is InChI=1S/C15H18N4O2/c16-11-12-3-4-17-14(10-12)18-5-7-19(8-6-18)15(20)13-2-1-9-21-13/h3-4,10,13H,1-2,5-9H2. The highest BCUT2D eigenvalue weighted by atomic mass is 16.5. The maximum atomic E-state index is 12.3. The number of piperazine rings is 1. The first-order valence-corrected chi connectivity index (χ1v) is 7.29. The van der Waals surface area contributed by atoms with Gasteiger partial charge in [0.05, 0.1) is 11.6 Å². The molecule has 2 aliphatic rings. The molecule has 0 radical (unpaired) electrons. The molecule has 3 rings (SSSR count). The number of carbonyl (C=O) groups is 1. The number of carbonyl (C=O) groups excluding carboxylic acids is 1. The third-order valence-corrected chi connectivity index (χ3v) is 4.00. The number of pyridine rings is 1. The van der Waals surface area contributed by atoms with E-state index in [9.17, 15) is 4.79 Å². The lowest BCUT2D eigenvalue weighted by atomic mass is 10.2. The highest BCUT2D eigenvalue weighted by molar-refractivity contribution is 5.81. The second-order valence-corrected chi connectivity index (χ2v) is 5.33. The minimum Gasteiger partial charge on any atom is -0.368 e. The lowest BCUT2D eigenvalue weighted by molar-refractivity contribution is -0.141. The molecule has 0 bridgehead atoms. The summed E-state index contributed by atoms with van der Waals surface area (Å²) in [5.74, 6) is 0.921. The zero-order chi connectivity index (χ0) is 14.7. The third kappa shape index (κ3) is 2.98. The zero-order valence-electron chi connectivity index (χ0n) is 11.9. The van der Waals surface area contributed by atoms with Gasteiger partial charge in [-0.15, -0.1) is 0 Å². The van der Waals surface area contributed by atoms with Crippen LogP contribution in [0.3, 0.4) is 0 Å². The molecule has 1 aromatic heterocycles. The topological polar surface area (TPSA) is 69.5 Å². The van der Waals surface area contributed by atoms with Crippen molar-refractivity contribution < 1.29 is 9.53 Å². The molecule has 0 N–H and O–H groups in total. The van der Waals surface area contributed by atoms with E-state index in [1.165, 1.54) is 0 Å². The van der Waals surface area contributed by atoms with Crippen molar-refractivity contribution in [2.75, 3.05) is 37.7 Å². The summed E-state index contributed by atoms with van der Waals surface area (Å²) in [5, 5.41) is 8.93. The van der Waals surface area contributed by atoms with Gasteiger partial charge in [0.25, 0.3) is 5.91 Å². The molecule has 21 heavy (non-hydrogen) atoms. The van der Waals surface area contributed by atoms with Crippen molar-refractivity contribution in [3.8, 4) is 6.07 Å². The monoisotopic (exact) mass is 286 g/mol. The van der Waals surface area contributed by atoms with Gasteiger partial charge < -0.3 is 14.5 Å². The van der Waals surface area contributed by atoms with Gasteiger partial charge in [0.1, 0.15) is 11.9 Å². The summed E-state index contributed by atoms with van der Waals surface area (Å²) in [6, 6.07) is 5.61. The molecule has 6 nitrogen and oxygen atoms in total. The molecule has 0 spiro atoms. The fourth-order valence-electron chi connectivity index (χ4n) is 2.79. The molecule has 0 aliphatic carbocycles. The molecular weight excluding hydrogens is 268 g/mol. The van der Waals surface area contributed by atoms with Crippen LogP contribution in [0.4, 0.5) is 5.82 Å². The minimum atomic E-state index is -0.239. The normalized spacial score (nSPS) is 22.1. The molecule has 2 fully saturated rings. The van der Waals surface area contributed by atoms with E-state index in [1.807, 2.05) is 4.90 Å². The summed E-state index contributed by atoms with van der Waals surface area (Å²) in [6.45, 7) is 3.52. The van der Waals surface area contributed by atoms with E-state index >= 15 is 0 Å². The highest BCUT2D eigenvalue weighted by Gasteiger charge is 2.30. The SMILES string of the molecule is N#Cc1ccnc(N2CCN(C(=O)C3CCCO3)CC2)c1. The summed E-state index contributed by atoms with van der Waals surface area (Å²) in [5.41, 5.74) is 0.609. The fourth-order valence-corrected chi connectivity index (χ4v) is 2.79. The molecule has 1 amide bonds. The molecule has 0 saturated carbocycles. The molecule has 110 valence electrons.